The van der Waals surface area contributed by atoms with E-state index in [0.717, 1.165) is 53.3 Å². The number of nitrogens with zero attached hydrogens (tertiary/aromatic N) is 3. The van der Waals surface area contributed by atoms with Gasteiger partial charge in [0.2, 0.25) is 5.91 Å². The molecule has 0 radical (unpaired) electrons. The van der Waals surface area contributed by atoms with Crippen LogP contribution in [-0.4, -0.2) is 72.1 Å². The number of likely N-dealkylation sites (N-methyl/N-ethyl adjacent to an activating group) is 1. The predicted octanol–water partition coefficient (Wildman–Crippen LogP) is 3.35. The van der Waals surface area contributed by atoms with Crippen LogP contribution in [-0.2, 0) is 35.2 Å². The lowest BCUT2D eigenvalue weighted by Crippen LogP contribution is -2.31. The quantitative estimate of drug-likeness (QED) is 0.593. The first kappa shape index (κ1) is 25.4. The number of carbonyl (C=O) groups excluding carboxylic acids is 1. The molecule has 0 fully saturated rings. The molecule has 33 heavy (non-hydrogen) atoms. The van der Waals surface area contributed by atoms with Gasteiger partial charge in [0.25, 0.3) is 0 Å². The van der Waals surface area contributed by atoms with Crippen LogP contribution in [0.4, 0.5) is 0 Å². The van der Waals surface area contributed by atoms with Gasteiger partial charge in [-0.2, -0.15) is 0 Å². The van der Waals surface area contributed by atoms with Gasteiger partial charge in [0.1, 0.15) is 16.7 Å². The van der Waals surface area contributed by atoms with Gasteiger partial charge in [0, 0.05) is 46.7 Å². The number of aryl methyl sites for hydroxylation is 2. The Morgan fingerprint density at radius 3 is 2.33 bits per heavy atom. The van der Waals surface area contributed by atoms with Crippen molar-refractivity contribution in [1.82, 2.24) is 14.1 Å². The number of ether oxygens (including phenoxy) is 1. The van der Waals surface area contributed by atoms with E-state index in [4.69, 9.17) is 4.74 Å². The van der Waals surface area contributed by atoms with Crippen molar-refractivity contribution in [1.29, 1.82) is 0 Å². The standard InChI is InChI=1S/C26H37N3O3S/c1-19-15-24(32-6)16-20(2)26(19)33(31)29(5)14-11-25(30)28(4)18-21-7-8-22-9-12-27(3)13-10-23(22)17-21/h7-8,15-17H,9-14,18H2,1-6H3. The maximum atomic E-state index is 13.1. The number of rotatable bonds is 8. The molecule has 1 unspecified atom stereocenters. The summed E-state index contributed by atoms with van der Waals surface area (Å²) in [6, 6.07) is 10.4. The van der Waals surface area contributed by atoms with Crippen molar-refractivity contribution in [3.8, 4) is 5.75 Å². The zero-order valence-corrected chi connectivity index (χ0v) is 21.6. The zero-order valence-electron chi connectivity index (χ0n) is 20.8. The molecule has 0 saturated carbocycles. The van der Waals surface area contributed by atoms with E-state index in [0.29, 0.717) is 19.5 Å². The second-order valence-corrected chi connectivity index (χ2v) is 10.6. The molecule has 7 heteroatoms. The van der Waals surface area contributed by atoms with Crippen molar-refractivity contribution in [2.24, 2.45) is 0 Å². The summed E-state index contributed by atoms with van der Waals surface area (Å²) in [4.78, 5) is 17.7. The molecule has 0 aliphatic carbocycles. The summed E-state index contributed by atoms with van der Waals surface area (Å²) in [5.74, 6) is 0.812. The van der Waals surface area contributed by atoms with Gasteiger partial charge < -0.3 is 14.5 Å². The molecule has 1 aliphatic rings. The average Bonchev–Trinajstić information content (AvgIpc) is 2.97. The molecule has 0 N–H and O–H groups in total. The van der Waals surface area contributed by atoms with Crippen molar-refractivity contribution >= 4 is 16.9 Å². The summed E-state index contributed by atoms with van der Waals surface area (Å²) < 4.78 is 20.2. The van der Waals surface area contributed by atoms with E-state index in [1.54, 1.807) is 23.4 Å². The van der Waals surface area contributed by atoms with E-state index in [2.05, 4.69) is 30.1 Å². The van der Waals surface area contributed by atoms with Crippen molar-refractivity contribution in [2.75, 3.05) is 47.9 Å². The highest BCUT2D eigenvalue weighted by molar-refractivity contribution is 7.82. The Labute approximate surface area is 201 Å². The molecule has 2 aromatic rings. The third kappa shape index (κ3) is 6.43. The Balaban J connectivity index is 1.57. The molecule has 1 atom stereocenters. The van der Waals surface area contributed by atoms with E-state index >= 15 is 0 Å². The van der Waals surface area contributed by atoms with Gasteiger partial charge in [-0.3, -0.25) is 4.79 Å². The third-order valence-corrected chi connectivity index (χ3v) is 8.15. The highest BCUT2D eigenvalue weighted by Crippen LogP contribution is 2.26. The average molecular weight is 472 g/mol. The Kier molecular flexibility index (Phi) is 8.68. The van der Waals surface area contributed by atoms with Gasteiger partial charge in [0.05, 0.1) is 12.0 Å². The number of fused-ring (bicyclic) bond motifs is 1. The van der Waals surface area contributed by atoms with Gasteiger partial charge in [0.15, 0.2) is 0 Å². The molecule has 1 aliphatic heterocycles. The third-order valence-electron chi connectivity index (χ3n) is 6.41. The van der Waals surface area contributed by atoms with E-state index < -0.39 is 11.0 Å². The maximum Gasteiger partial charge on any atom is 0.223 e. The van der Waals surface area contributed by atoms with Crippen LogP contribution in [0.1, 0.15) is 34.2 Å². The molecule has 1 heterocycles. The molecule has 6 nitrogen and oxygen atoms in total. The number of carbonyl (C=O) groups is 1. The zero-order chi connectivity index (χ0) is 24.1. The first-order valence-corrected chi connectivity index (χ1v) is 12.6. The lowest BCUT2D eigenvalue weighted by Gasteiger charge is -2.22. The summed E-state index contributed by atoms with van der Waals surface area (Å²) >= 11 is 0. The Morgan fingerprint density at radius 1 is 1.06 bits per heavy atom. The topological polar surface area (TPSA) is 53.1 Å². The molecular weight excluding hydrogens is 434 g/mol. The van der Waals surface area contributed by atoms with Crippen LogP contribution >= 0.6 is 0 Å². The van der Waals surface area contributed by atoms with Crippen molar-refractivity contribution in [3.63, 3.8) is 0 Å². The normalized spacial score (nSPS) is 15.1. The summed E-state index contributed by atoms with van der Waals surface area (Å²) in [7, 11) is 6.11. The minimum atomic E-state index is -1.33. The Bertz CT molecular complexity index is 1000. The lowest BCUT2D eigenvalue weighted by molar-refractivity contribution is -0.130. The Morgan fingerprint density at radius 2 is 1.70 bits per heavy atom. The van der Waals surface area contributed by atoms with Gasteiger partial charge in [-0.25, -0.2) is 8.51 Å². The van der Waals surface area contributed by atoms with E-state index in [9.17, 15) is 9.00 Å². The largest absolute Gasteiger partial charge is 0.497 e. The highest BCUT2D eigenvalue weighted by Gasteiger charge is 2.19. The first-order valence-electron chi connectivity index (χ1n) is 11.5. The molecule has 0 bridgehead atoms. The second-order valence-electron chi connectivity index (χ2n) is 9.10. The fraction of sp³-hybridized carbons (Fsp3) is 0.500. The highest BCUT2D eigenvalue weighted by atomic mass is 32.2. The molecule has 1 amide bonds. The van der Waals surface area contributed by atoms with Gasteiger partial charge in [-0.1, -0.05) is 18.2 Å². The molecule has 0 saturated heterocycles. The molecule has 180 valence electrons. The molecular formula is C26H37N3O3S. The summed E-state index contributed by atoms with van der Waals surface area (Å²) in [6.45, 7) is 7.06. The van der Waals surface area contributed by atoms with Crippen LogP contribution in [0.25, 0.3) is 0 Å². The van der Waals surface area contributed by atoms with E-state index in [-0.39, 0.29) is 5.91 Å². The number of hydrogen-bond donors (Lipinski definition) is 0. The fourth-order valence-electron chi connectivity index (χ4n) is 4.34. The number of benzene rings is 2. The maximum absolute atomic E-state index is 13.1. The van der Waals surface area contributed by atoms with E-state index in [1.165, 1.54) is 11.1 Å². The number of amides is 1. The minimum Gasteiger partial charge on any atom is -0.497 e. The van der Waals surface area contributed by atoms with Crippen LogP contribution < -0.4 is 4.74 Å². The lowest BCUT2D eigenvalue weighted by atomic mass is 10.00. The minimum absolute atomic E-state index is 0.0525. The fourth-order valence-corrected chi connectivity index (χ4v) is 5.57. The molecule has 0 aromatic heterocycles. The van der Waals surface area contributed by atoms with Crippen LogP contribution in [0.15, 0.2) is 35.2 Å². The van der Waals surface area contributed by atoms with E-state index in [1.807, 2.05) is 33.0 Å². The molecule has 2 aromatic carbocycles. The summed E-state index contributed by atoms with van der Waals surface area (Å²) in [5.41, 5.74) is 5.84. The number of hydrogen-bond acceptors (Lipinski definition) is 4. The van der Waals surface area contributed by atoms with Gasteiger partial charge >= 0.3 is 0 Å². The predicted molar refractivity (Wildman–Crippen MR) is 134 cm³/mol. The monoisotopic (exact) mass is 471 g/mol. The molecule has 0 spiro atoms. The van der Waals surface area contributed by atoms with Crippen LogP contribution in [0.5, 0.6) is 5.75 Å². The van der Waals surface area contributed by atoms with Gasteiger partial charge in [-0.15, -0.1) is 0 Å². The van der Waals surface area contributed by atoms with Crippen molar-refractivity contribution in [2.45, 2.75) is 44.6 Å². The smallest absolute Gasteiger partial charge is 0.223 e. The SMILES string of the molecule is COc1cc(C)c(S(=O)N(C)CCC(=O)N(C)Cc2ccc3c(c2)CCN(C)CC3)c(C)c1. The summed E-state index contributed by atoms with van der Waals surface area (Å²) in [6.07, 6.45) is 2.46. The summed E-state index contributed by atoms with van der Waals surface area (Å²) in [5, 5.41) is 0. The van der Waals surface area contributed by atoms with Crippen LogP contribution in [0.2, 0.25) is 0 Å². The van der Waals surface area contributed by atoms with Crippen LogP contribution in [0, 0.1) is 13.8 Å². The molecule has 3 rings (SSSR count). The van der Waals surface area contributed by atoms with Crippen molar-refractivity contribution < 1.29 is 13.7 Å². The Hall–Kier alpha value is -2.22. The first-order chi connectivity index (χ1) is 15.7. The van der Waals surface area contributed by atoms with Crippen LogP contribution in [0.3, 0.4) is 0 Å². The van der Waals surface area contributed by atoms with Gasteiger partial charge in [-0.05, 0) is 73.7 Å². The van der Waals surface area contributed by atoms with Crippen molar-refractivity contribution in [3.05, 3.63) is 58.1 Å². The number of methoxy groups -OCH3 is 1. The second kappa shape index (κ2) is 11.3.